The SMILES string of the molecule is Cc1nc(C)c(NC(=O)Nc2ccc(C(=O)NCC(=O)O)cc2)nc1C. The molecule has 2 rings (SSSR count). The van der Waals surface area contributed by atoms with Gasteiger partial charge in [-0.05, 0) is 45.0 Å². The third kappa shape index (κ3) is 5.00. The van der Waals surface area contributed by atoms with Gasteiger partial charge in [-0.1, -0.05) is 0 Å². The molecule has 136 valence electrons. The van der Waals surface area contributed by atoms with Crippen LogP contribution in [0.1, 0.15) is 27.4 Å². The van der Waals surface area contributed by atoms with Gasteiger partial charge in [0.05, 0.1) is 17.1 Å². The molecule has 0 fully saturated rings. The van der Waals surface area contributed by atoms with Crippen molar-refractivity contribution in [3.63, 3.8) is 0 Å². The molecule has 1 aromatic heterocycles. The number of aliphatic carboxylic acids is 1. The number of rotatable bonds is 5. The minimum atomic E-state index is -1.13. The zero-order valence-corrected chi connectivity index (χ0v) is 14.6. The predicted molar refractivity (Wildman–Crippen MR) is 95.3 cm³/mol. The first kappa shape index (κ1) is 18.8. The van der Waals surface area contributed by atoms with Crippen LogP contribution in [0.4, 0.5) is 16.3 Å². The molecule has 0 aliphatic heterocycles. The standard InChI is InChI=1S/C17H19N5O4/c1-9-10(2)20-15(11(3)19-9)22-17(26)21-13-6-4-12(5-7-13)16(25)18-8-14(23)24/h4-7H,8H2,1-3H3,(H,18,25)(H,23,24)(H2,20,21,22,26). The summed E-state index contributed by atoms with van der Waals surface area (Å²) in [6, 6.07) is 5.54. The molecule has 0 aliphatic rings. The van der Waals surface area contributed by atoms with Crippen LogP contribution in [-0.2, 0) is 4.79 Å². The molecule has 26 heavy (non-hydrogen) atoms. The molecular weight excluding hydrogens is 338 g/mol. The Hall–Kier alpha value is -3.49. The number of carboxylic acid groups (broad SMARTS) is 1. The molecule has 0 radical (unpaired) electrons. The van der Waals surface area contributed by atoms with Crippen LogP contribution in [0.5, 0.6) is 0 Å². The quantitative estimate of drug-likeness (QED) is 0.645. The van der Waals surface area contributed by atoms with Gasteiger partial charge < -0.3 is 15.7 Å². The summed E-state index contributed by atoms with van der Waals surface area (Å²) in [5.74, 6) is -1.27. The lowest BCUT2D eigenvalue weighted by Gasteiger charge is -2.11. The molecular formula is C17H19N5O4. The van der Waals surface area contributed by atoms with Gasteiger partial charge in [-0.3, -0.25) is 19.9 Å². The molecule has 1 aromatic carbocycles. The minimum Gasteiger partial charge on any atom is -0.480 e. The first-order valence-electron chi connectivity index (χ1n) is 7.76. The Bertz CT molecular complexity index is 849. The Morgan fingerprint density at radius 1 is 0.923 bits per heavy atom. The van der Waals surface area contributed by atoms with Gasteiger partial charge in [0.2, 0.25) is 0 Å². The number of nitrogens with one attached hydrogen (secondary N) is 3. The lowest BCUT2D eigenvalue weighted by Crippen LogP contribution is -2.29. The van der Waals surface area contributed by atoms with E-state index in [0.29, 0.717) is 17.2 Å². The van der Waals surface area contributed by atoms with Crippen LogP contribution in [0.3, 0.4) is 0 Å². The van der Waals surface area contributed by atoms with Gasteiger partial charge in [0.15, 0.2) is 5.82 Å². The summed E-state index contributed by atoms with van der Waals surface area (Å²) in [4.78, 5) is 42.9. The number of hydrogen-bond donors (Lipinski definition) is 4. The van der Waals surface area contributed by atoms with Gasteiger partial charge in [0.25, 0.3) is 5.91 Å². The highest BCUT2D eigenvalue weighted by atomic mass is 16.4. The van der Waals surface area contributed by atoms with E-state index in [-0.39, 0.29) is 5.56 Å². The fourth-order valence-electron chi connectivity index (χ4n) is 2.07. The summed E-state index contributed by atoms with van der Waals surface area (Å²) in [5, 5.41) is 16.1. The minimum absolute atomic E-state index is 0.285. The smallest absolute Gasteiger partial charge is 0.324 e. The van der Waals surface area contributed by atoms with E-state index in [1.165, 1.54) is 24.3 Å². The highest BCUT2D eigenvalue weighted by Gasteiger charge is 2.11. The lowest BCUT2D eigenvalue weighted by atomic mass is 10.2. The number of hydrogen-bond acceptors (Lipinski definition) is 5. The maximum Gasteiger partial charge on any atom is 0.324 e. The Kier molecular flexibility index (Phi) is 5.84. The number of anilines is 2. The summed E-state index contributed by atoms with van der Waals surface area (Å²) in [6.07, 6.45) is 0. The van der Waals surface area contributed by atoms with Crippen LogP contribution in [-0.4, -0.2) is 39.5 Å². The second-order valence-electron chi connectivity index (χ2n) is 5.56. The van der Waals surface area contributed by atoms with Crippen LogP contribution >= 0.6 is 0 Å². The van der Waals surface area contributed by atoms with Crippen LogP contribution < -0.4 is 16.0 Å². The molecule has 1 heterocycles. The van der Waals surface area contributed by atoms with Gasteiger partial charge in [-0.2, -0.15) is 0 Å². The molecule has 0 atom stereocenters. The Morgan fingerprint density at radius 3 is 2.15 bits per heavy atom. The number of aryl methyl sites for hydroxylation is 3. The zero-order valence-electron chi connectivity index (χ0n) is 14.6. The number of nitrogens with zero attached hydrogens (tertiary/aromatic N) is 2. The monoisotopic (exact) mass is 357 g/mol. The molecule has 0 saturated heterocycles. The number of urea groups is 1. The normalized spacial score (nSPS) is 10.1. The molecule has 0 unspecified atom stereocenters. The topological polar surface area (TPSA) is 133 Å². The van der Waals surface area contributed by atoms with Crippen LogP contribution in [0, 0.1) is 20.8 Å². The predicted octanol–water partition coefficient (Wildman–Crippen LogP) is 1.86. The summed E-state index contributed by atoms with van der Waals surface area (Å²) in [5.41, 5.74) is 2.88. The summed E-state index contributed by atoms with van der Waals surface area (Å²) in [6.45, 7) is 4.93. The van der Waals surface area contributed by atoms with Gasteiger partial charge in [0.1, 0.15) is 6.54 Å². The molecule has 0 saturated carbocycles. The number of benzene rings is 1. The van der Waals surface area contributed by atoms with Crippen molar-refractivity contribution in [1.29, 1.82) is 0 Å². The Labute approximate surface area is 149 Å². The first-order valence-corrected chi connectivity index (χ1v) is 7.76. The van der Waals surface area contributed by atoms with Gasteiger partial charge in [0, 0.05) is 11.3 Å². The molecule has 2 aromatic rings. The van der Waals surface area contributed by atoms with E-state index in [2.05, 4.69) is 25.9 Å². The highest BCUT2D eigenvalue weighted by molar-refractivity contribution is 6.00. The van der Waals surface area contributed by atoms with Gasteiger partial charge in [-0.15, -0.1) is 0 Å². The van der Waals surface area contributed by atoms with E-state index in [4.69, 9.17) is 5.11 Å². The Morgan fingerprint density at radius 2 is 1.54 bits per heavy atom. The van der Waals surface area contributed by atoms with E-state index >= 15 is 0 Å². The highest BCUT2D eigenvalue weighted by Crippen LogP contribution is 2.14. The second kappa shape index (κ2) is 8.06. The van der Waals surface area contributed by atoms with Crippen molar-refractivity contribution in [2.75, 3.05) is 17.2 Å². The molecule has 3 amide bonds. The van der Waals surface area contributed by atoms with Crippen molar-refractivity contribution in [3.05, 3.63) is 46.9 Å². The average molecular weight is 357 g/mol. The molecule has 4 N–H and O–H groups in total. The summed E-state index contributed by atoms with van der Waals surface area (Å²) in [7, 11) is 0. The number of carbonyl (C=O) groups excluding carboxylic acids is 2. The van der Waals surface area contributed by atoms with Crippen LogP contribution in [0.2, 0.25) is 0 Å². The fourth-order valence-corrected chi connectivity index (χ4v) is 2.07. The number of carbonyl (C=O) groups is 3. The number of amides is 3. The number of carboxylic acids is 1. The van der Waals surface area contributed by atoms with Crippen molar-refractivity contribution in [3.8, 4) is 0 Å². The lowest BCUT2D eigenvalue weighted by molar-refractivity contribution is -0.135. The van der Waals surface area contributed by atoms with Crippen molar-refractivity contribution >= 4 is 29.4 Å². The van der Waals surface area contributed by atoms with Crippen molar-refractivity contribution in [2.24, 2.45) is 0 Å². The van der Waals surface area contributed by atoms with Gasteiger partial charge in [-0.25, -0.2) is 9.78 Å². The van der Waals surface area contributed by atoms with Crippen molar-refractivity contribution in [2.45, 2.75) is 20.8 Å². The van der Waals surface area contributed by atoms with E-state index in [9.17, 15) is 14.4 Å². The molecule has 9 nitrogen and oxygen atoms in total. The van der Waals surface area contributed by atoms with Gasteiger partial charge >= 0.3 is 12.0 Å². The third-order valence-corrected chi connectivity index (χ3v) is 3.52. The molecule has 0 spiro atoms. The molecule has 0 bridgehead atoms. The van der Waals surface area contributed by atoms with E-state index in [1.807, 2.05) is 6.92 Å². The van der Waals surface area contributed by atoms with Crippen molar-refractivity contribution in [1.82, 2.24) is 15.3 Å². The fraction of sp³-hybridized carbons (Fsp3) is 0.235. The van der Waals surface area contributed by atoms with E-state index in [1.54, 1.807) is 13.8 Å². The van der Waals surface area contributed by atoms with E-state index in [0.717, 1.165) is 11.4 Å². The van der Waals surface area contributed by atoms with Crippen molar-refractivity contribution < 1.29 is 19.5 Å². The van der Waals surface area contributed by atoms with Crippen LogP contribution in [0.15, 0.2) is 24.3 Å². The molecule has 9 heteroatoms. The first-order chi connectivity index (χ1) is 12.3. The van der Waals surface area contributed by atoms with Crippen LogP contribution in [0.25, 0.3) is 0 Å². The zero-order chi connectivity index (χ0) is 19.3. The average Bonchev–Trinajstić information content (AvgIpc) is 2.58. The number of aromatic nitrogens is 2. The largest absolute Gasteiger partial charge is 0.480 e. The second-order valence-corrected chi connectivity index (χ2v) is 5.56. The third-order valence-electron chi connectivity index (χ3n) is 3.52. The summed E-state index contributed by atoms with van der Waals surface area (Å²) < 4.78 is 0. The molecule has 0 aliphatic carbocycles. The Balaban J connectivity index is 1.98. The summed E-state index contributed by atoms with van der Waals surface area (Å²) >= 11 is 0. The maximum atomic E-state index is 12.1. The maximum absolute atomic E-state index is 12.1. The van der Waals surface area contributed by atoms with E-state index < -0.39 is 24.5 Å².